The number of ether oxygens (including phenoxy) is 1. The maximum Gasteiger partial charge on any atom is 0.248 e. The molecule has 8 heteroatoms. The third-order valence-electron chi connectivity index (χ3n) is 4.98. The standard InChI is InChI=1S/C16H28N4O4/c1-12(16(23)20-5-3-4-13(10-20)15(17)22)18-6-8-19(9-7-18)14(21)11-24-2/h12-13H,3-11H2,1-2H3,(H2,17,22). The molecule has 2 N–H and O–H groups in total. The number of rotatable bonds is 5. The molecule has 2 atom stereocenters. The largest absolute Gasteiger partial charge is 0.375 e. The Kier molecular flexibility index (Phi) is 6.56. The van der Waals surface area contributed by atoms with E-state index in [1.54, 1.807) is 9.80 Å². The molecule has 0 aromatic heterocycles. The average molecular weight is 340 g/mol. The van der Waals surface area contributed by atoms with E-state index in [9.17, 15) is 14.4 Å². The summed E-state index contributed by atoms with van der Waals surface area (Å²) in [4.78, 5) is 41.5. The van der Waals surface area contributed by atoms with Gasteiger partial charge in [0.2, 0.25) is 17.7 Å². The smallest absolute Gasteiger partial charge is 0.248 e. The van der Waals surface area contributed by atoms with Crippen LogP contribution in [0.2, 0.25) is 0 Å². The van der Waals surface area contributed by atoms with Crippen LogP contribution in [0.25, 0.3) is 0 Å². The SMILES string of the molecule is COCC(=O)N1CCN(C(C)C(=O)N2CCCC(C(N)=O)C2)CC1. The number of hydrogen-bond donors (Lipinski definition) is 1. The predicted octanol–water partition coefficient (Wildman–Crippen LogP) is -1.11. The highest BCUT2D eigenvalue weighted by atomic mass is 16.5. The van der Waals surface area contributed by atoms with Crippen LogP contribution in [0.3, 0.4) is 0 Å². The van der Waals surface area contributed by atoms with Gasteiger partial charge in [-0.15, -0.1) is 0 Å². The van der Waals surface area contributed by atoms with Crippen molar-refractivity contribution >= 4 is 17.7 Å². The van der Waals surface area contributed by atoms with Gasteiger partial charge in [-0.05, 0) is 19.8 Å². The van der Waals surface area contributed by atoms with Crippen LogP contribution in [0.1, 0.15) is 19.8 Å². The molecule has 3 amide bonds. The van der Waals surface area contributed by atoms with E-state index < -0.39 is 0 Å². The highest BCUT2D eigenvalue weighted by molar-refractivity contribution is 5.83. The third-order valence-corrected chi connectivity index (χ3v) is 4.98. The van der Waals surface area contributed by atoms with Crippen LogP contribution in [-0.2, 0) is 19.1 Å². The molecule has 24 heavy (non-hydrogen) atoms. The fourth-order valence-electron chi connectivity index (χ4n) is 3.40. The van der Waals surface area contributed by atoms with Crippen LogP contribution in [0.5, 0.6) is 0 Å². The normalized spacial score (nSPS) is 23.8. The van der Waals surface area contributed by atoms with Gasteiger partial charge in [-0.2, -0.15) is 0 Å². The van der Waals surface area contributed by atoms with Crippen molar-refractivity contribution in [3.8, 4) is 0 Å². The van der Waals surface area contributed by atoms with E-state index >= 15 is 0 Å². The summed E-state index contributed by atoms with van der Waals surface area (Å²) in [6.07, 6.45) is 1.57. The van der Waals surface area contributed by atoms with Gasteiger partial charge in [-0.1, -0.05) is 0 Å². The van der Waals surface area contributed by atoms with Crippen molar-refractivity contribution in [2.75, 3.05) is 53.0 Å². The molecule has 0 bridgehead atoms. The van der Waals surface area contributed by atoms with Crippen LogP contribution < -0.4 is 5.73 Å². The molecule has 8 nitrogen and oxygen atoms in total. The Morgan fingerprint density at radius 2 is 1.79 bits per heavy atom. The topological polar surface area (TPSA) is 96.2 Å². The average Bonchev–Trinajstić information content (AvgIpc) is 2.61. The molecule has 2 aliphatic rings. The zero-order chi connectivity index (χ0) is 17.7. The summed E-state index contributed by atoms with van der Waals surface area (Å²) < 4.78 is 4.87. The first-order chi connectivity index (χ1) is 11.4. The molecule has 2 rings (SSSR count). The van der Waals surface area contributed by atoms with Crippen LogP contribution >= 0.6 is 0 Å². The van der Waals surface area contributed by atoms with Crippen LogP contribution in [0, 0.1) is 5.92 Å². The van der Waals surface area contributed by atoms with E-state index in [2.05, 4.69) is 4.90 Å². The lowest BCUT2D eigenvalue weighted by atomic mass is 9.97. The van der Waals surface area contributed by atoms with Gasteiger partial charge in [-0.3, -0.25) is 19.3 Å². The number of carbonyl (C=O) groups excluding carboxylic acids is 3. The molecule has 0 radical (unpaired) electrons. The summed E-state index contributed by atoms with van der Waals surface area (Å²) in [6, 6.07) is -0.253. The van der Waals surface area contributed by atoms with Gasteiger partial charge in [-0.25, -0.2) is 0 Å². The van der Waals surface area contributed by atoms with Gasteiger partial charge in [0, 0.05) is 46.4 Å². The van der Waals surface area contributed by atoms with E-state index in [1.807, 2.05) is 6.92 Å². The maximum absolute atomic E-state index is 12.7. The lowest BCUT2D eigenvalue weighted by Crippen LogP contribution is -2.57. The van der Waals surface area contributed by atoms with Crippen molar-refractivity contribution in [3.05, 3.63) is 0 Å². The Morgan fingerprint density at radius 3 is 2.38 bits per heavy atom. The highest BCUT2D eigenvalue weighted by Crippen LogP contribution is 2.18. The maximum atomic E-state index is 12.7. The lowest BCUT2D eigenvalue weighted by molar-refractivity contribution is -0.141. The van der Waals surface area contributed by atoms with Gasteiger partial charge in [0.05, 0.1) is 12.0 Å². The van der Waals surface area contributed by atoms with Crippen molar-refractivity contribution in [3.63, 3.8) is 0 Å². The molecule has 0 aromatic carbocycles. The first kappa shape index (κ1) is 18.7. The number of nitrogens with two attached hydrogens (primary N) is 1. The first-order valence-electron chi connectivity index (χ1n) is 8.53. The van der Waals surface area contributed by atoms with E-state index in [4.69, 9.17) is 10.5 Å². The minimum Gasteiger partial charge on any atom is -0.375 e. The summed E-state index contributed by atoms with van der Waals surface area (Å²) in [5.74, 6) is -0.544. The number of carbonyl (C=O) groups is 3. The summed E-state index contributed by atoms with van der Waals surface area (Å²) in [5, 5.41) is 0. The summed E-state index contributed by atoms with van der Waals surface area (Å²) in [6.45, 7) is 5.61. The van der Waals surface area contributed by atoms with Gasteiger partial charge in [0.15, 0.2) is 0 Å². The molecular weight excluding hydrogens is 312 g/mol. The molecule has 0 aliphatic carbocycles. The minimum atomic E-state index is -0.328. The minimum absolute atomic E-state index is 0.0172. The second-order valence-electron chi connectivity index (χ2n) is 6.55. The highest BCUT2D eigenvalue weighted by Gasteiger charge is 2.33. The van der Waals surface area contributed by atoms with Crippen LogP contribution in [0.4, 0.5) is 0 Å². The van der Waals surface area contributed by atoms with Crippen molar-refractivity contribution in [2.24, 2.45) is 11.7 Å². The number of likely N-dealkylation sites (tertiary alicyclic amines) is 1. The first-order valence-corrected chi connectivity index (χ1v) is 8.53. The van der Waals surface area contributed by atoms with Gasteiger partial charge in [0.25, 0.3) is 0 Å². The van der Waals surface area contributed by atoms with Gasteiger partial charge in [0.1, 0.15) is 6.61 Å². The van der Waals surface area contributed by atoms with Crippen molar-refractivity contribution in [1.29, 1.82) is 0 Å². The number of piperazine rings is 1. The summed E-state index contributed by atoms with van der Waals surface area (Å²) in [7, 11) is 1.51. The van der Waals surface area contributed by atoms with E-state index in [1.165, 1.54) is 7.11 Å². The molecule has 0 saturated carbocycles. The van der Waals surface area contributed by atoms with Crippen molar-refractivity contribution in [2.45, 2.75) is 25.8 Å². The second kappa shape index (κ2) is 8.43. The molecule has 0 spiro atoms. The number of amides is 3. The lowest BCUT2D eigenvalue weighted by Gasteiger charge is -2.40. The monoisotopic (exact) mass is 340 g/mol. The van der Waals surface area contributed by atoms with E-state index in [0.29, 0.717) is 39.3 Å². The summed E-state index contributed by atoms with van der Waals surface area (Å²) >= 11 is 0. The Bertz CT molecular complexity index is 477. The zero-order valence-electron chi connectivity index (χ0n) is 14.6. The molecule has 2 saturated heterocycles. The van der Waals surface area contributed by atoms with E-state index in [0.717, 1.165) is 12.8 Å². The number of hydrogen-bond acceptors (Lipinski definition) is 5. The summed E-state index contributed by atoms with van der Waals surface area (Å²) in [5.41, 5.74) is 5.38. The molecule has 2 unspecified atom stereocenters. The fourth-order valence-corrected chi connectivity index (χ4v) is 3.40. The molecule has 0 aromatic rings. The Hall–Kier alpha value is -1.67. The van der Waals surface area contributed by atoms with Crippen LogP contribution in [0.15, 0.2) is 0 Å². The van der Waals surface area contributed by atoms with Crippen molar-refractivity contribution in [1.82, 2.24) is 14.7 Å². The second-order valence-corrected chi connectivity index (χ2v) is 6.55. The van der Waals surface area contributed by atoms with Gasteiger partial charge < -0.3 is 20.3 Å². The third kappa shape index (κ3) is 4.45. The van der Waals surface area contributed by atoms with Crippen molar-refractivity contribution < 1.29 is 19.1 Å². The quantitative estimate of drug-likeness (QED) is 0.685. The number of methoxy groups -OCH3 is 1. The molecule has 136 valence electrons. The fraction of sp³-hybridized carbons (Fsp3) is 0.812. The number of primary amides is 1. The molecule has 2 aliphatic heterocycles. The Morgan fingerprint density at radius 1 is 1.12 bits per heavy atom. The molecule has 2 heterocycles. The zero-order valence-corrected chi connectivity index (χ0v) is 14.6. The molecular formula is C16H28N4O4. The van der Waals surface area contributed by atoms with Gasteiger partial charge >= 0.3 is 0 Å². The Labute approximate surface area is 142 Å². The van der Waals surface area contributed by atoms with E-state index in [-0.39, 0.29) is 36.3 Å². The predicted molar refractivity (Wildman–Crippen MR) is 88.0 cm³/mol. The number of piperidine rings is 1. The number of nitrogens with zero attached hydrogens (tertiary/aromatic N) is 3. The Balaban J connectivity index is 1.85. The van der Waals surface area contributed by atoms with Crippen LogP contribution in [-0.4, -0.2) is 91.4 Å². The molecule has 2 fully saturated rings.